The average Bonchev–Trinajstić information content (AvgIpc) is 2.35. The molecule has 2 N–H and O–H groups in total. The predicted octanol–water partition coefficient (Wildman–Crippen LogP) is 3.39. The highest BCUT2D eigenvalue weighted by Crippen LogP contribution is 2.26. The molecule has 106 valence electrons. The van der Waals surface area contributed by atoms with E-state index in [1.165, 1.54) is 0 Å². The summed E-state index contributed by atoms with van der Waals surface area (Å²) in [5.74, 6) is -0.109. The first-order valence-corrected chi connectivity index (χ1v) is 7.25. The van der Waals surface area contributed by atoms with Crippen LogP contribution in [0.5, 0.6) is 0 Å². The van der Waals surface area contributed by atoms with Gasteiger partial charge >= 0.3 is 0 Å². The molecule has 0 aliphatic carbocycles. The van der Waals surface area contributed by atoms with Crippen LogP contribution in [0, 0.1) is 0 Å². The molecule has 6 heteroatoms. The molecule has 2 rings (SSSR count). The number of hydrogen-bond donors (Lipinski definition) is 2. The molecule has 2 atom stereocenters. The Morgan fingerprint density at radius 3 is 2.95 bits per heavy atom. The Kier molecular flexibility index (Phi) is 6.60. The van der Waals surface area contributed by atoms with Crippen molar-refractivity contribution in [2.24, 2.45) is 0 Å². The fraction of sp³-hybridized carbons (Fsp3) is 0.462. The predicted molar refractivity (Wildman–Crippen MR) is 84.4 cm³/mol. The Bertz CT molecular complexity index is 456. The maximum Gasteiger partial charge on any atom is 0.253 e. The van der Waals surface area contributed by atoms with Crippen LogP contribution in [0.1, 0.15) is 30.1 Å². The van der Waals surface area contributed by atoms with E-state index in [0.717, 1.165) is 23.9 Å². The van der Waals surface area contributed by atoms with Crippen molar-refractivity contribution in [1.29, 1.82) is 0 Å². The molecule has 0 bridgehead atoms. The lowest BCUT2D eigenvalue weighted by molar-refractivity contribution is 0.0920. The highest BCUT2D eigenvalue weighted by Gasteiger charge is 2.23. The zero-order valence-corrected chi connectivity index (χ0v) is 13.7. The Hall–Kier alpha value is -0.290. The van der Waals surface area contributed by atoms with Crippen LogP contribution in [-0.2, 0) is 0 Å². The van der Waals surface area contributed by atoms with Crippen LogP contribution < -0.4 is 10.6 Å². The smallest absolute Gasteiger partial charge is 0.253 e. The van der Waals surface area contributed by atoms with Crippen molar-refractivity contribution >= 4 is 45.8 Å². The van der Waals surface area contributed by atoms with Crippen LogP contribution in [0.2, 0.25) is 5.02 Å². The van der Waals surface area contributed by atoms with E-state index in [0.29, 0.717) is 16.6 Å². The molecular weight excluding hydrogens is 351 g/mol. The van der Waals surface area contributed by atoms with Gasteiger partial charge in [0.2, 0.25) is 0 Å². The van der Waals surface area contributed by atoms with E-state index in [2.05, 4.69) is 33.5 Å². The molecule has 19 heavy (non-hydrogen) atoms. The lowest BCUT2D eigenvalue weighted by Crippen LogP contribution is -2.51. The molecule has 2 unspecified atom stereocenters. The van der Waals surface area contributed by atoms with Gasteiger partial charge in [-0.15, -0.1) is 12.4 Å². The number of carbonyl (C=O) groups is 1. The first-order chi connectivity index (χ1) is 8.59. The minimum absolute atomic E-state index is 0. The summed E-state index contributed by atoms with van der Waals surface area (Å²) in [4.78, 5) is 12.2. The summed E-state index contributed by atoms with van der Waals surface area (Å²) in [6.45, 7) is 3.11. The number of hydrogen-bond acceptors (Lipinski definition) is 2. The molecule has 1 heterocycles. The minimum Gasteiger partial charge on any atom is -0.348 e. The molecule has 1 aliphatic rings. The standard InChI is InChI=1S/C13H16BrClN2O.ClH/c1-8-11(6-3-7-16-8)17-13(18)9-4-2-5-10(14)12(9)15;/h2,4-5,8,11,16H,3,6-7H2,1H3,(H,17,18);1H. The first kappa shape index (κ1) is 16.8. The van der Waals surface area contributed by atoms with Crippen LogP contribution in [-0.4, -0.2) is 24.5 Å². The zero-order chi connectivity index (χ0) is 13.1. The third kappa shape index (κ3) is 4.09. The van der Waals surface area contributed by atoms with Crippen LogP contribution in [0.4, 0.5) is 0 Å². The summed E-state index contributed by atoms with van der Waals surface area (Å²) in [6, 6.07) is 5.84. The monoisotopic (exact) mass is 366 g/mol. The summed E-state index contributed by atoms with van der Waals surface area (Å²) in [6.07, 6.45) is 2.09. The van der Waals surface area contributed by atoms with E-state index < -0.39 is 0 Å². The summed E-state index contributed by atoms with van der Waals surface area (Å²) in [5.41, 5.74) is 0.517. The van der Waals surface area contributed by atoms with Gasteiger partial charge < -0.3 is 10.6 Å². The van der Waals surface area contributed by atoms with E-state index in [1.54, 1.807) is 6.07 Å². The second-order valence-corrected chi connectivity index (χ2v) is 5.80. The van der Waals surface area contributed by atoms with Crippen LogP contribution in [0.15, 0.2) is 22.7 Å². The second-order valence-electron chi connectivity index (χ2n) is 4.57. The van der Waals surface area contributed by atoms with Gasteiger partial charge in [0, 0.05) is 16.6 Å². The highest BCUT2D eigenvalue weighted by molar-refractivity contribution is 9.10. The Morgan fingerprint density at radius 1 is 1.53 bits per heavy atom. The van der Waals surface area contributed by atoms with E-state index in [1.807, 2.05) is 12.1 Å². The Morgan fingerprint density at radius 2 is 2.26 bits per heavy atom. The molecule has 0 saturated carbocycles. The van der Waals surface area contributed by atoms with Crippen molar-refractivity contribution in [3.63, 3.8) is 0 Å². The number of piperidine rings is 1. The maximum absolute atomic E-state index is 12.2. The normalized spacial score (nSPS) is 22.5. The van der Waals surface area contributed by atoms with Gasteiger partial charge in [0.05, 0.1) is 10.6 Å². The molecule has 1 aromatic carbocycles. The third-order valence-electron chi connectivity index (χ3n) is 3.27. The summed E-state index contributed by atoms with van der Waals surface area (Å²) in [5, 5.41) is 6.87. The third-order valence-corrected chi connectivity index (χ3v) is 4.57. The molecule has 0 spiro atoms. The number of carbonyl (C=O) groups excluding carboxylic acids is 1. The van der Waals surface area contributed by atoms with Gasteiger partial charge in [-0.1, -0.05) is 17.7 Å². The van der Waals surface area contributed by atoms with Crippen LogP contribution in [0.25, 0.3) is 0 Å². The average molecular weight is 368 g/mol. The Balaban J connectivity index is 0.00000180. The molecule has 3 nitrogen and oxygen atoms in total. The number of halogens is 3. The molecular formula is C13H17BrCl2N2O. The largest absolute Gasteiger partial charge is 0.348 e. The van der Waals surface area contributed by atoms with Crippen molar-refractivity contribution < 1.29 is 4.79 Å². The van der Waals surface area contributed by atoms with Gasteiger partial charge in [-0.2, -0.15) is 0 Å². The topological polar surface area (TPSA) is 41.1 Å². The molecule has 0 radical (unpaired) electrons. The van der Waals surface area contributed by atoms with E-state index in [-0.39, 0.29) is 24.4 Å². The van der Waals surface area contributed by atoms with Crippen molar-refractivity contribution in [2.45, 2.75) is 31.8 Å². The Labute approximate surface area is 133 Å². The SMILES string of the molecule is CC1NCCCC1NC(=O)c1cccc(Br)c1Cl.Cl. The fourth-order valence-corrected chi connectivity index (χ4v) is 2.74. The van der Waals surface area contributed by atoms with Gasteiger partial charge in [0.25, 0.3) is 5.91 Å². The van der Waals surface area contributed by atoms with Crippen LogP contribution in [0.3, 0.4) is 0 Å². The number of nitrogens with one attached hydrogen (secondary N) is 2. The maximum atomic E-state index is 12.2. The van der Waals surface area contributed by atoms with Gasteiger partial charge in [-0.05, 0) is 54.4 Å². The molecule has 1 aromatic rings. The zero-order valence-electron chi connectivity index (χ0n) is 10.6. The molecule has 1 amide bonds. The summed E-state index contributed by atoms with van der Waals surface area (Å²) >= 11 is 9.45. The quantitative estimate of drug-likeness (QED) is 0.841. The van der Waals surface area contributed by atoms with Crippen molar-refractivity contribution in [3.8, 4) is 0 Å². The lowest BCUT2D eigenvalue weighted by Gasteiger charge is -2.30. The molecule has 1 aliphatic heterocycles. The molecule has 1 fully saturated rings. The fourth-order valence-electron chi connectivity index (χ4n) is 2.17. The van der Waals surface area contributed by atoms with Crippen LogP contribution >= 0.6 is 39.9 Å². The van der Waals surface area contributed by atoms with E-state index in [9.17, 15) is 4.79 Å². The first-order valence-electron chi connectivity index (χ1n) is 6.08. The van der Waals surface area contributed by atoms with Crippen molar-refractivity contribution in [2.75, 3.05) is 6.54 Å². The van der Waals surface area contributed by atoms with Gasteiger partial charge in [-0.25, -0.2) is 0 Å². The number of rotatable bonds is 2. The number of amides is 1. The van der Waals surface area contributed by atoms with Crippen molar-refractivity contribution in [1.82, 2.24) is 10.6 Å². The van der Waals surface area contributed by atoms with Gasteiger partial charge in [-0.3, -0.25) is 4.79 Å². The molecule has 1 saturated heterocycles. The van der Waals surface area contributed by atoms with Gasteiger partial charge in [0.15, 0.2) is 0 Å². The summed E-state index contributed by atoms with van der Waals surface area (Å²) < 4.78 is 0.742. The minimum atomic E-state index is -0.109. The van der Waals surface area contributed by atoms with Crippen molar-refractivity contribution in [3.05, 3.63) is 33.3 Å². The van der Waals surface area contributed by atoms with E-state index in [4.69, 9.17) is 11.6 Å². The molecule has 0 aromatic heterocycles. The lowest BCUT2D eigenvalue weighted by atomic mass is 9.99. The van der Waals surface area contributed by atoms with Gasteiger partial charge in [0.1, 0.15) is 0 Å². The summed E-state index contributed by atoms with van der Waals surface area (Å²) in [7, 11) is 0. The van der Waals surface area contributed by atoms with E-state index >= 15 is 0 Å². The second kappa shape index (κ2) is 7.48. The number of benzene rings is 1. The highest BCUT2D eigenvalue weighted by atomic mass is 79.9.